The second-order valence-corrected chi connectivity index (χ2v) is 4.01. The lowest BCUT2D eigenvalue weighted by Gasteiger charge is -2.28. The number of ether oxygens (including phenoxy) is 1. The van der Waals surface area contributed by atoms with Gasteiger partial charge in [0, 0.05) is 24.7 Å². The molecule has 5 heteroatoms. The zero-order valence-electron chi connectivity index (χ0n) is 10.5. The van der Waals surface area contributed by atoms with Gasteiger partial charge in [-0.05, 0) is 19.1 Å². The lowest BCUT2D eigenvalue weighted by atomic mass is 10.2. The fraction of sp³-hybridized carbons (Fsp3) is 0.385. The number of hydrogen-bond donors (Lipinski definition) is 1. The standard InChI is InChI=1S/C13H16N2O3/c1-3-12(16)14-9-5-6-10-11(7-9)18-8-13(17)15(10)4-2/h5-7H,3-4,8H2,1-2H3,(H,14,16). The second-order valence-electron chi connectivity index (χ2n) is 4.01. The third kappa shape index (κ3) is 2.30. The number of anilines is 2. The van der Waals surface area contributed by atoms with Gasteiger partial charge >= 0.3 is 0 Å². The summed E-state index contributed by atoms with van der Waals surface area (Å²) in [5.41, 5.74) is 1.44. The van der Waals surface area contributed by atoms with Crippen molar-refractivity contribution in [3.8, 4) is 5.75 Å². The molecule has 0 atom stereocenters. The molecular weight excluding hydrogens is 232 g/mol. The minimum atomic E-state index is -0.0471. The van der Waals surface area contributed by atoms with E-state index in [1.54, 1.807) is 30.0 Å². The molecule has 2 amide bonds. The summed E-state index contributed by atoms with van der Waals surface area (Å²) in [5, 5.41) is 2.76. The molecule has 2 rings (SSSR count). The van der Waals surface area contributed by atoms with Crippen LogP contribution in [0.2, 0.25) is 0 Å². The van der Waals surface area contributed by atoms with Crippen LogP contribution in [-0.2, 0) is 9.59 Å². The van der Waals surface area contributed by atoms with E-state index in [1.807, 2.05) is 6.92 Å². The van der Waals surface area contributed by atoms with Crippen molar-refractivity contribution in [3.63, 3.8) is 0 Å². The minimum Gasteiger partial charge on any atom is -0.481 e. The van der Waals surface area contributed by atoms with Gasteiger partial charge in [-0.25, -0.2) is 0 Å². The van der Waals surface area contributed by atoms with E-state index in [-0.39, 0.29) is 18.4 Å². The fourth-order valence-corrected chi connectivity index (χ4v) is 1.88. The van der Waals surface area contributed by atoms with Gasteiger partial charge in [0.05, 0.1) is 5.69 Å². The Balaban J connectivity index is 2.27. The summed E-state index contributed by atoms with van der Waals surface area (Å²) < 4.78 is 5.38. The topological polar surface area (TPSA) is 58.6 Å². The van der Waals surface area contributed by atoms with Crippen LogP contribution in [0.5, 0.6) is 5.75 Å². The third-order valence-electron chi connectivity index (χ3n) is 2.82. The molecule has 0 aromatic heterocycles. The largest absolute Gasteiger partial charge is 0.481 e. The summed E-state index contributed by atoms with van der Waals surface area (Å²) in [7, 11) is 0. The number of benzene rings is 1. The average molecular weight is 248 g/mol. The van der Waals surface area contributed by atoms with E-state index in [0.717, 1.165) is 5.69 Å². The Morgan fingerprint density at radius 3 is 2.89 bits per heavy atom. The van der Waals surface area contributed by atoms with Crippen LogP contribution in [0.3, 0.4) is 0 Å². The van der Waals surface area contributed by atoms with E-state index in [2.05, 4.69) is 5.32 Å². The predicted octanol–water partition coefficient (Wildman–Crippen LogP) is 1.78. The zero-order valence-corrected chi connectivity index (χ0v) is 10.5. The SMILES string of the molecule is CCC(=O)Nc1ccc2c(c1)OCC(=O)N2CC. The first-order valence-corrected chi connectivity index (χ1v) is 6.02. The fourth-order valence-electron chi connectivity index (χ4n) is 1.88. The first kappa shape index (κ1) is 12.4. The monoisotopic (exact) mass is 248 g/mol. The number of nitrogens with one attached hydrogen (secondary N) is 1. The second kappa shape index (κ2) is 5.08. The summed E-state index contributed by atoms with van der Waals surface area (Å²) >= 11 is 0. The molecule has 0 spiro atoms. The van der Waals surface area contributed by atoms with Crippen molar-refractivity contribution in [1.82, 2.24) is 0 Å². The molecule has 1 N–H and O–H groups in total. The molecule has 0 bridgehead atoms. The number of carbonyl (C=O) groups excluding carboxylic acids is 2. The molecule has 1 aliphatic rings. The molecule has 0 fully saturated rings. The van der Waals surface area contributed by atoms with Crippen LogP contribution < -0.4 is 15.0 Å². The molecule has 0 aliphatic carbocycles. The Bertz CT molecular complexity index is 485. The molecule has 5 nitrogen and oxygen atoms in total. The predicted molar refractivity (Wildman–Crippen MR) is 68.9 cm³/mol. The van der Waals surface area contributed by atoms with Crippen LogP contribution >= 0.6 is 0 Å². The van der Waals surface area contributed by atoms with Crippen molar-refractivity contribution in [2.45, 2.75) is 20.3 Å². The molecule has 0 radical (unpaired) electrons. The summed E-state index contributed by atoms with van der Waals surface area (Å²) in [6.07, 6.45) is 0.428. The lowest BCUT2D eigenvalue weighted by Crippen LogP contribution is -2.38. The van der Waals surface area contributed by atoms with Crippen LogP contribution in [0, 0.1) is 0 Å². The Hall–Kier alpha value is -2.04. The van der Waals surface area contributed by atoms with Crippen LogP contribution in [0.15, 0.2) is 18.2 Å². The van der Waals surface area contributed by atoms with Gasteiger partial charge in [0.15, 0.2) is 6.61 Å². The third-order valence-corrected chi connectivity index (χ3v) is 2.82. The summed E-state index contributed by atoms with van der Waals surface area (Å²) in [5.74, 6) is 0.537. The number of likely N-dealkylation sites (N-methyl/N-ethyl adjacent to an activating group) is 1. The highest BCUT2D eigenvalue weighted by molar-refractivity contribution is 5.98. The number of nitrogens with zero attached hydrogens (tertiary/aromatic N) is 1. The Morgan fingerprint density at radius 2 is 2.22 bits per heavy atom. The van der Waals surface area contributed by atoms with E-state index in [1.165, 1.54) is 0 Å². The maximum absolute atomic E-state index is 11.6. The van der Waals surface area contributed by atoms with Gasteiger partial charge in [-0.15, -0.1) is 0 Å². The summed E-state index contributed by atoms with van der Waals surface area (Å²) in [6.45, 7) is 4.36. The van der Waals surface area contributed by atoms with E-state index in [4.69, 9.17) is 4.74 Å². The minimum absolute atomic E-state index is 0.0460. The molecular formula is C13H16N2O3. The number of amides is 2. The highest BCUT2D eigenvalue weighted by atomic mass is 16.5. The van der Waals surface area contributed by atoms with Gasteiger partial charge in [0.25, 0.3) is 5.91 Å². The van der Waals surface area contributed by atoms with Crippen molar-refractivity contribution in [2.75, 3.05) is 23.4 Å². The molecule has 1 heterocycles. The van der Waals surface area contributed by atoms with Crippen molar-refractivity contribution in [2.24, 2.45) is 0 Å². The number of rotatable bonds is 3. The summed E-state index contributed by atoms with van der Waals surface area (Å²) in [4.78, 5) is 24.6. The smallest absolute Gasteiger partial charge is 0.265 e. The van der Waals surface area contributed by atoms with Crippen LogP contribution in [0.25, 0.3) is 0 Å². The molecule has 18 heavy (non-hydrogen) atoms. The van der Waals surface area contributed by atoms with Gasteiger partial charge in [0.2, 0.25) is 5.91 Å². The number of carbonyl (C=O) groups is 2. The van der Waals surface area contributed by atoms with E-state index in [9.17, 15) is 9.59 Å². The van der Waals surface area contributed by atoms with Crippen molar-refractivity contribution in [1.29, 1.82) is 0 Å². The van der Waals surface area contributed by atoms with Crippen LogP contribution in [0.4, 0.5) is 11.4 Å². The van der Waals surface area contributed by atoms with Gasteiger partial charge in [0.1, 0.15) is 5.75 Å². The van der Waals surface area contributed by atoms with Crippen molar-refractivity contribution < 1.29 is 14.3 Å². The highest BCUT2D eigenvalue weighted by Gasteiger charge is 2.24. The Morgan fingerprint density at radius 1 is 1.44 bits per heavy atom. The van der Waals surface area contributed by atoms with Gasteiger partial charge in [-0.1, -0.05) is 6.92 Å². The number of fused-ring (bicyclic) bond motifs is 1. The van der Waals surface area contributed by atoms with Gasteiger partial charge < -0.3 is 15.0 Å². The highest BCUT2D eigenvalue weighted by Crippen LogP contribution is 2.34. The summed E-state index contributed by atoms with van der Waals surface area (Å²) in [6, 6.07) is 5.32. The molecule has 1 aromatic rings. The molecule has 0 saturated carbocycles. The average Bonchev–Trinajstić information content (AvgIpc) is 2.38. The first-order valence-electron chi connectivity index (χ1n) is 6.02. The van der Waals surface area contributed by atoms with E-state index in [0.29, 0.717) is 24.4 Å². The maximum atomic E-state index is 11.6. The first-order chi connectivity index (χ1) is 8.65. The molecule has 1 aromatic carbocycles. The van der Waals surface area contributed by atoms with Crippen LogP contribution in [-0.4, -0.2) is 25.0 Å². The van der Waals surface area contributed by atoms with E-state index < -0.39 is 0 Å². The van der Waals surface area contributed by atoms with E-state index >= 15 is 0 Å². The molecule has 96 valence electrons. The zero-order chi connectivity index (χ0) is 13.1. The molecule has 1 aliphatic heterocycles. The molecule has 0 unspecified atom stereocenters. The van der Waals surface area contributed by atoms with Crippen molar-refractivity contribution >= 4 is 23.2 Å². The van der Waals surface area contributed by atoms with Crippen LogP contribution in [0.1, 0.15) is 20.3 Å². The quantitative estimate of drug-likeness (QED) is 0.887. The van der Waals surface area contributed by atoms with Gasteiger partial charge in [-0.2, -0.15) is 0 Å². The number of hydrogen-bond acceptors (Lipinski definition) is 3. The Kier molecular flexibility index (Phi) is 3.50. The Labute approximate surface area is 106 Å². The van der Waals surface area contributed by atoms with Gasteiger partial charge in [-0.3, -0.25) is 9.59 Å². The lowest BCUT2D eigenvalue weighted by molar-refractivity contribution is -0.121. The normalized spacial score (nSPS) is 13.9. The maximum Gasteiger partial charge on any atom is 0.265 e. The molecule has 0 saturated heterocycles. The van der Waals surface area contributed by atoms with Crippen molar-refractivity contribution in [3.05, 3.63) is 18.2 Å².